The van der Waals surface area contributed by atoms with Crippen LogP contribution in [0.4, 0.5) is 17.1 Å². The van der Waals surface area contributed by atoms with Gasteiger partial charge in [0.05, 0.1) is 0 Å². The minimum atomic E-state index is 0.175. The average Bonchev–Trinajstić information content (AvgIpc) is 2.64. The molecule has 0 fully saturated rings. The summed E-state index contributed by atoms with van der Waals surface area (Å²) in [7, 11) is 2.11. The summed E-state index contributed by atoms with van der Waals surface area (Å²) in [6.45, 7) is 0. The number of hydrogen-bond donors (Lipinski definition) is 0. The maximum atomic E-state index is 8.58. The van der Waals surface area contributed by atoms with Gasteiger partial charge in [0.2, 0.25) is 0 Å². The molecule has 116 valence electrons. The lowest BCUT2D eigenvalue weighted by atomic mass is 9.80. The standard InChI is InChI=1S/C20H16N4/c1-24-18-8-4-2-6-16(18)20(17-7-3-5-9-19(17)24)14-10-12-15(13-11-14)22-23-21/h2-13,20H,1H3. The van der Waals surface area contributed by atoms with Crippen LogP contribution in [0.25, 0.3) is 10.4 Å². The topological polar surface area (TPSA) is 52.0 Å². The van der Waals surface area contributed by atoms with E-state index in [1.54, 1.807) is 0 Å². The number of nitrogens with zero attached hydrogens (tertiary/aromatic N) is 4. The highest BCUT2D eigenvalue weighted by atomic mass is 15.1. The number of benzene rings is 3. The van der Waals surface area contributed by atoms with Gasteiger partial charge in [-0.3, -0.25) is 0 Å². The molecule has 4 heteroatoms. The number of para-hydroxylation sites is 2. The van der Waals surface area contributed by atoms with Gasteiger partial charge in [0.25, 0.3) is 0 Å². The molecule has 0 saturated carbocycles. The first-order valence-corrected chi connectivity index (χ1v) is 7.86. The van der Waals surface area contributed by atoms with Crippen molar-refractivity contribution < 1.29 is 0 Å². The Kier molecular flexibility index (Phi) is 3.45. The minimum absolute atomic E-state index is 0.175. The number of hydrogen-bond acceptors (Lipinski definition) is 2. The first-order valence-electron chi connectivity index (χ1n) is 7.86. The SMILES string of the molecule is CN1c2ccccc2C(c2ccc(N=[N+]=[N-])cc2)c2ccccc21. The van der Waals surface area contributed by atoms with Crippen LogP contribution in [0.2, 0.25) is 0 Å². The van der Waals surface area contributed by atoms with Crippen LogP contribution in [0.5, 0.6) is 0 Å². The van der Waals surface area contributed by atoms with Crippen LogP contribution in [-0.2, 0) is 0 Å². The number of azide groups is 1. The average molecular weight is 312 g/mol. The lowest BCUT2D eigenvalue weighted by Gasteiger charge is -2.35. The van der Waals surface area contributed by atoms with Crippen LogP contribution in [-0.4, -0.2) is 7.05 Å². The molecule has 3 aromatic carbocycles. The van der Waals surface area contributed by atoms with Gasteiger partial charge < -0.3 is 4.90 Å². The van der Waals surface area contributed by atoms with Crippen molar-refractivity contribution in [2.45, 2.75) is 5.92 Å². The van der Waals surface area contributed by atoms with Crippen LogP contribution >= 0.6 is 0 Å². The quantitative estimate of drug-likeness (QED) is 0.330. The van der Waals surface area contributed by atoms with E-state index in [-0.39, 0.29) is 5.92 Å². The van der Waals surface area contributed by atoms with E-state index in [4.69, 9.17) is 5.53 Å². The van der Waals surface area contributed by atoms with Gasteiger partial charge >= 0.3 is 0 Å². The molecule has 3 aromatic rings. The first-order chi connectivity index (χ1) is 11.8. The smallest absolute Gasteiger partial charge is 0.0450 e. The van der Waals surface area contributed by atoms with Crippen molar-refractivity contribution in [2.75, 3.05) is 11.9 Å². The Hall–Kier alpha value is -3.23. The molecular formula is C20H16N4. The van der Waals surface area contributed by atoms with E-state index in [0.717, 1.165) is 0 Å². The Morgan fingerprint density at radius 3 is 1.92 bits per heavy atom. The second-order valence-electron chi connectivity index (χ2n) is 5.89. The molecule has 0 bridgehead atoms. The summed E-state index contributed by atoms with van der Waals surface area (Å²) in [6, 6.07) is 24.9. The zero-order valence-corrected chi connectivity index (χ0v) is 13.3. The fourth-order valence-corrected chi connectivity index (χ4v) is 3.52. The van der Waals surface area contributed by atoms with E-state index >= 15 is 0 Å². The maximum absolute atomic E-state index is 8.58. The summed E-state index contributed by atoms with van der Waals surface area (Å²) in [5.74, 6) is 0.175. The highest BCUT2D eigenvalue weighted by Crippen LogP contribution is 2.47. The van der Waals surface area contributed by atoms with E-state index in [9.17, 15) is 0 Å². The van der Waals surface area contributed by atoms with Crippen LogP contribution in [0.1, 0.15) is 22.6 Å². The molecule has 0 saturated heterocycles. The van der Waals surface area contributed by atoms with Crippen LogP contribution in [0.15, 0.2) is 77.9 Å². The highest BCUT2D eigenvalue weighted by Gasteiger charge is 2.29. The Balaban J connectivity index is 1.92. The summed E-state index contributed by atoms with van der Waals surface area (Å²) < 4.78 is 0. The lowest BCUT2D eigenvalue weighted by molar-refractivity contribution is 0.926. The number of fused-ring (bicyclic) bond motifs is 2. The summed E-state index contributed by atoms with van der Waals surface area (Å²) in [6.07, 6.45) is 0. The van der Waals surface area contributed by atoms with E-state index < -0.39 is 0 Å². The summed E-state index contributed by atoms with van der Waals surface area (Å²) in [4.78, 5) is 5.09. The highest BCUT2D eigenvalue weighted by molar-refractivity contribution is 5.77. The minimum Gasteiger partial charge on any atom is -0.344 e. The third kappa shape index (κ3) is 2.21. The van der Waals surface area contributed by atoms with Gasteiger partial charge in [0.1, 0.15) is 0 Å². The van der Waals surface area contributed by atoms with Crippen molar-refractivity contribution in [3.8, 4) is 0 Å². The van der Waals surface area contributed by atoms with Crippen LogP contribution in [0, 0.1) is 0 Å². The molecular weight excluding hydrogens is 296 g/mol. The predicted octanol–water partition coefficient (Wildman–Crippen LogP) is 5.89. The molecule has 24 heavy (non-hydrogen) atoms. The van der Waals surface area contributed by atoms with Gasteiger partial charge in [-0.25, -0.2) is 0 Å². The van der Waals surface area contributed by atoms with Gasteiger partial charge in [-0.05, 0) is 34.4 Å². The molecule has 0 amide bonds. The Bertz CT molecular complexity index is 892. The Labute approximate surface area is 140 Å². The van der Waals surface area contributed by atoms with Crippen molar-refractivity contribution in [3.63, 3.8) is 0 Å². The summed E-state index contributed by atoms with van der Waals surface area (Å²) in [5.41, 5.74) is 15.4. The Morgan fingerprint density at radius 1 is 0.833 bits per heavy atom. The molecule has 0 atom stereocenters. The summed E-state index contributed by atoms with van der Waals surface area (Å²) in [5, 5.41) is 3.67. The third-order valence-corrected chi connectivity index (χ3v) is 4.60. The number of rotatable bonds is 2. The van der Waals surface area contributed by atoms with Gasteiger partial charge in [0, 0.05) is 34.9 Å². The third-order valence-electron chi connectivity index (χ3n) is 4.60. The first kappa shape index (κ1) is 14.4. The Morgan fingerprint density at radius 2 is 1.38 bits per heavy atom. The largest absolute Gasteiger partial charge is 0.344 e. The van der Waals surface area contributed by atoms with Crippen LogP contribution < -0.4 is 4.90 Å². The van der Waals surface area contributed by atoms with Crippen molar-refractivity contribution in [2.24, 2.45) is 5.11 Å². The molecule has 4 nitrogen and oxygen atoms in total. The monoisotopic (exact) mass is 312 g/mol. The van der Waals surface area contributed by atoms with Gasteiger partial charge in [-0.15, -0.1) is 0 Å². The zero-order chi connectivity index (χ0) is 16.5. The van der Waals surface area contributed by atoms with E-state index in [1.807, 2.05) is 24.3 Å². The number of anilines is 2. The molecule has 0 unspecified atom stereocenters. The predicted molar refractivity (Wildman–Crippen MR) is 97.1 cm³/mol. The van der Waals surface area contributed by atoms with Crippen LogP contribution in [0.3, 0.4) is 0 Å². The second-order valence-corrected chi connectivity index (χ2v) is 5.89. The van der Waals surface area contributed by atoms with Gasteiger partial charge in [-0.1, -0.05) is 65.8 Å². The molecule has 0 aliphatic carbocycles. The van der Waals surface area contributed by atoms with E-state index in [1.165, 1.54) is 28.1 Å². The normalized spacial score (nSPS) is 13.0. The zero-order valence-electron chi connectivity index (χ0n) is 13.3. The van der Waals surface area contributed by atoms with E-state index in [2.05, 4.69) is 70.5 Å². The molecule has 0 radical (unpaired) electrons. The second kappa shape index (κ2) is 5.76. The molecule has 1 heterocycles. The molecule has 4 rings (SSSR count). The molecule has 0 spiro atoms. The van der Waals surface area contributed by atoms with Gasteiger partial charge in [-0.2, -0.15) is 0 Å². The van der Waals surface area contributed by atoms with E-state index in [0.29, 0.717) is 5.69 Å². The van der Waals surface area contributed by atoms with Crippen molar-refractivity contribution in [1.82, 2.24) is 0 Å². The summed E-state index contributed by atoms with van der Waals surface area (Å²) >= 11 is 0. The molecule has 0 aromatic heterocycles. The molecule has 1 aliphatic rings. The molecule has 0 N–H and O–H groups in total. The van der Waals surface area contributed by atoms with Gasteiger partial charge in [0.15, 0.2) is 0 Å². The van der Waals surface area contributed by atoms with Crippen molar-refractivity contribution in [3.05, 3.63) is 99.9 Å². The maximum Gasteiger partial charge on any atom is 0.0450 e. The fourth-order valence-electron chi connectivity index (χ4n) is 3.52. The van der Waals surface area contributed by atoms with Crippen molar-refractivity contribution in [1.29, 1.82) is 0 Å². The van der Waals surface area contributed by atoms with Crippen molar-refractivity contribution >= 4 is 17.1 Å². The fraction of sp³-hybridized carbons (Fsp3) is 0.100. The molecule has 1 aliphatic heterocycles. The lowest BCUT2D eigenvalue weighted by Crippen LogP contribution is -2.22.